The van der Waals surface area contributed by atoms with Gasteiger partial charge in [0.25, 0.3) is 0 Å². The summed E-state index contributed by atoms with van der Waals surface area (Å²) < 4.78 is 0. The topological polar surface area (TPSA) is 0 Å². The first-order valence-corrected chi connectivity index (χ1v) is 6.84. The highest BCUT2D eigenvalue weighted by atomic mass is 14.2. The summed E-state index contributed by atoms with van der Waals surface area (Å²) >= 11 is 0. The molecular formula is C15H30. The fourth-order valence-electron chi connectivity index (χ4n) is 2.28. The van der Waals surface area contributed by atoms with E-state index in [2.05, 4.69) is 40.7 Å². The minimum Gasteiger partial charge on any atom is -0.0882 e. The quantitative estimate of drug-likeness (QED) is 0.458. The minimum atomic E-state index is 0.860. The van der Waals surface area contributed by atoms with Gasteiger partial charge in [0.1, 0.15) is 0 Å². The molecule has 0 aromatic carbocycles. The van der Waals surface area contributed by atoms with Crippen molar-refractivity contribution in [3.05, 3.63) is 11.6 Å². The highest BCUT2D eigenvalue weighted by molar-refractivity contribution is 5.04. The summed E-state index contributed by atoms with van der Waals surface area (Å²) in [7, 11) is 0. The Morgan fingerprint density at radius 3 is 2.13 bits per heavy atom. The summed E-state index contributed by atoms with van der Waals surface area (Å²) in [5.74, 6) is 1.76. The van der Waals surface area contributed by atoms with Gasteiger partial charge in [-0.25, -0.2) is 0 Å². The van der Waals surface area contributed by atoms with Gasteiger partial charge in [-0.15, -0.1) is 0 Å². The molecular weight excluding hydrogens is 180 g/mol. The zero-order valence-corrected chi connectivity index (χ0v) is 11.5. The third kappa shape index (κ3) is 6.02. The van der Waals surface area contributed by atoms with E-state index in [0.29, 0.717) is 0 Å². The second-order valence-electron chi connectivity index (χ2n) is 4.79. The molecule has 0 saturated carbocycles. The zero-order chi connectivity index (χ0) is 11.7. The van der Waals surface area contributed by atoms with Gasteiger partial charge in [0.15, 0.2) is 0 Å². The van der Waals surface area contributed by atoms with Crippen LogP contribution in [-0.4, -0.2) is 0 Å². The van der Waals surface area contributed by atoms with Crippen LogP contribution in [0.4, 0.5) is 0 Å². The average molecular weight is 210 g/mol. The molecule has 0 aliphatic heterocycles. The van der Waals surface area contributed by atoms with Crippen LogP contribution in [0.15, 0.2) is 11.6 Å². The van der Waals surface area contributed by atoms with E-state index in [-0.39, 0.29) is 0 Å². The van der Waals surface area contributed by atoms with Crippen LogP contribution in [0.2, 0.25) is 0 Å². The molecule has 15 heavy (non-hydrogen) atoms. The summed E-state index contributed by atoms with van der Waals surface area (Å²) in [6, 6.07) is 0. The van der Waals surface area contributed by atoms with Crippen LogP contribution < -0.4 is 0 Å². The van der Waals surface area contributed by atoms with Crippen LogP contribution in [0.3, 0.4) is 0 Å². The first-order valence-electron chi connectivity index (χ1n) is 6.84. The molecule has 0 N–H and O–H groups in total. The largest absolute Gasteiger partial charge is 0.0882 e. The average Bonchev–Trinajstić information content (AvgIpc) is 2.26. The molecule has 0 rings (SSSR count). The number of allylic oxidation sites excluding steroid dienone is 2. The van der Waals surface area contributed by atoms with Crippen LogP contribution in [-0.2, 0) is 0 Å². The predicted octanol–water partition coefficient (Wildman–Crippen LogP) is 5.59. The lowest BCUT2D eigenvalue weighted by Gasteiger charge is -2.20. The van der Waals surface area contributed by atoms with E-state index in [9.17, 15) is 0 Å². The highest BCUT2D eigenvalue weighted by Crippen LogP contribution is 2.27. The van der Waals surface area contributed by atoms with Gasteiger partial charge in [-0.05, 0) is 38.0 Å². The molecule has 0 heteroatoms. The summed E-state index contributed by atoms with van der Waals surface area (Å²) in [6.45, 7) is 11.5. The molecule has 0 nitrogen and oxygen atoms in total. The van der Waals surface area contributed by atoms with Crippen molar-refractivity contribution in [3.8, 4) is 0 Å². The Morgan fingerprint density at radius 2 is 1.73 bits per heavy atom. The van der Waals surface area contributed by atoms with Crippen LogP contribution in [0.1, 0.15) is 73.1 Å². The molecule has 0 bridgehead atoms. The SMILES string of the molecule is CC=C(CC)C(CCC)CCC(C)CC. The van der Waals surface area contributed by atoms with Gasteiger partial charge < -0.3 is 0 Å². The number of rotatable bonds is 8. The van der Waals surface area contributed by atoms with E-state index in [0.717, 1.165) is 11.8 Å². The lowest BCUT2D eigenvalue weighted by atomic mass is 9.85. The van der Waals surface area contributed by atoms with Crippen molar-refractivity contribution in [3.63, 3.8) is 0 Å². The molecule has 0 heterocycles. The molecule has 0 spiro atoms. The Hall–Kier alpha value is -0.260. The first-order chi connectivity index (χ1) is 7.19. The second-order valence-corrected chi connectivity index (χ2v) is 4.79. The van der Waals surface area contributed by atoms with Crippen molar-refractivity contribution in [2.24, 2.45) is 11.8 Å². The van der Waals surface area contributed by atoms with Crippen molar-refractivity contribution in [1.82, 2.24) is 0 Å². The van der Waals surface area contributed by atoms with Crippen LogP contribution >= 0.6 is 0 Å². The van der Waals surface area contributed by atoms with E-state index in [1.165, 1.54) is 38.5 Å². The van der Waals surface area contributed by atoms with Crippen molar-refractivity contribution in [1.29, 1.82) is 0 Å². The molecule has 2 atom stereocenters. The van der Waals surface area contributed by atoms with Gasteiger partial charge in [-0.3, -0.25) is 0 Å². The second kappa shape index (κ2) is 9.00. The number of hydrogen-bond donors (Lipinski definition) is 0. The molecule has 0 saturated heterocycles. The summed E-state index contributed by atoms with van der Waals surface area (Å²) in [6.07, 6.45) is 10.4. The van der Waals surface area contributed by atoms with Crippen molar-refractivity contribution >= 4 is 0 Å². The molecule has 90 valence electrons. The van der Waals surface area contributed by atoms with Crippen LogP contribution in [0.5, 0.6) is 0 Å². The molecule has 0 fully saturated rings. The summed E-state index contributed by atoms with van der Waals surface area (Å²) in [5, 5.41) is 0. The Labute approximate surface area is 97.2 Å². The van der Waals surface area contributed by atoms with E-state index >= 15 is 0 Å². The fourth-order valence-corrected chi connectivity index (χ4v) is 2.28. The Bertz CT molecular complexity index is 167. The van der Waals surface area contributed by atoms with Gasteiger partial charge in [-0.1, -0.05) is 58.6 Å². The van der Waals surface area contributed by atoms with Crippen LogP contribution in [0.25, 0.3) is 0 Å². The van der Waals surface area contributed by atoms with Gasteiger partial charge in [0, 0.05) is 0 Å². The maximum absolute atomic E-state index is 2.38. The smallest absolute Gasteiger partial charge is 0.0203 e. The third-order valence-corrected chi connectivity index (χ3v) is 3.65. The molecule has 0 aliphatic rings. The van der Waals surface area contributed by atoms with Gasteiger partial charge in [0.2, 0.25) is 0 Å². The van der Waals surface area contributed by atoms with E-state index in [4.69, 9.17) is 0 Å². The lowest BCUT2D eigenvalue weighted by Crippen LogP contribution is -2.06. The van der Waals surface area contributed by atoms with E-state index < -0.39 is 0 Å². The highest BCUT2D eigenvalue weighted by Gasteiger charge is 2.12. The van der Waals surface area contributed by atoms with Crippen molar-refractivity contribution in [2.75, 3.05) is 0 Å². The maximum Gasteiger partial charge on any atom is -0.0203 e. The molecule has 0 amide bonds. The Balaban J connectivity index is 4.14. The van der Waals surface area contributed by atoms with E-state index in [1.807, 2.05) is 0 Å². The normalized spacial score (nSPS) is 16.5. The van der Waals surface area contributed by atoms with Gasteiger partial charge in [-0.2, -0.15) is 0 Å². The Morgan fingerprint density at radius 1 is 1.07 bits per heavy atom. The maximum atomic E-state index is 2.38. The van der Waals surface area contributed by atoms with Gasteiger partial charge in [0.05, 0.1) is 0 Å². The van der Waals surface area contributed by atoms with Gasteiger partial charge >= 0.3 is 0 Å². The molecule has 0 aromatic rings. The van der Waals surface area contributed by atoms with Crippen molar-refractivity contribution < 1.29 is 0 Å². The first kappa shape index (κ1) is 14.7. The standard InChI is InChI=1S/C15H30/c1-6-10-15(14(8-3)9-4)12-11-13(5)7-2/h8,13,15H,6-7,9-12H2,1-5H3. The lowest BCUT2D eigenvalue weighted by molar-refractivity contribution is 0.412. The molecule has 2 unspecified atom stereocenters. The summed E-state index contributed by atoms with van der Waals surface area (Å²) in [5.41, 5.74) is 1.68. The van der Waals surface area contributed by atoms with Crippen molar-refractivity contribution in [2.45, 2.75) is 73.1 Å². The monoisotopic (exact) mass is 210 g/mol. The molecule has 0 radical (unpaired) electrons. The number of hydrogen-bond acceptors (Lipinski definition) is 0. The third-order valence-electron chi connectivity index (χ3n) is 3.65. The zero-order valence-electron chi connectivity index (χ0n) is 11.5. The molecule has 0 aliphatic carbocycles. The molecule has 0 aromatic heterocycles. The van der Waals surface area contributed by atoms with E-state index in [1.54, 1.807) is 5.57 Å². The minimum absolute atomic E-state index is 0.860. The predicted molar refractivity (Wildman–Crippen MR) is 71.1 cm³/mol. The fraction of sp³-hybridized carbons (Fsp3) is 0.867. The summed E-state index contributed by atoms with van der Waals surface area (Å²) in [4.78, 5) is 0. The Kier molecular flexibility index (Phi) is 8.85. The van der Waals surface area contributed by atoms with Crippen LogP contribution in [0, 0.1) is 11.8 Å².